The van der Waals surface area contributed by atoms with Crippen molar-refractivity contribution in [1.29, 1.82) is 0 Å². The zero-order chi connectivity index (χ0) is 9.97. The molecule has 2 aromatic heterocycles. The Morgan fingerprint density at radius 1 is 1.21 bits per heavy atom. The molecule has 0 saturated heterocycles. The monoisotopic (exact) mass is 226 g/mol. The SMILES string of the molecule is Cc1csc(Cc2nc(CO)cs2)n1. The van der Waals surface area contributed by atoms with Gasteiger partial charge in [-0.2, -0.15) is 0 Å². The van der Waals surface area contributed by atoms with Gasteiger partial charge in [0.25, 0.3) is 0 Å². The van der Waals surface area contributed by atoms with E-state index in [2.05, 4.69) is 9.97 Å². The van der Waals surface area contributed by atoms with Gasteiger partial charge in [0, 0.05) is 16.5 Å². The van der Waals surface area contributed by atoms with Gasteiger partial charge in [-0.15, -0.1) is 22.7 Å². The van der Waals surface area contributed by atoms with Gasteiger partial charge >= 0.3 is 0 Å². The summed E-state index contributed by atoms with van der Waals surface area (Å²) in [6, 6.07) is 0. The van der Waals surface area contributed by atoms with Crippen molar-refractivity contribution in [2.45, 2.75) is 20.0 Å². The van der Waals surface area contributed by atoms with Crippen LogP contribution >= 0.6 is 22.7 Å². The second kappa shape index (κ2) is 4.16. The molecule has 0 spiro atoms. The summed E-state index contributed by atoms with van der Waals surface area (Å²) in [5, 5.41) is 14.9. The number of aliphatic hydroxyl groups excluding tert-OH is 1. The van der Waals surface area contributed by atoms with E-state index in [0.717, 1.165) is 27.8 Å². The highest BCUT2D eigenvalue weighted by Crippen LogP contribution is 2.17. The molecular formula is C9H10N2OS2. The first-order valence-corrected chi connectivity index (χ1v) is 5.99. The maximum absolute atomic E-state index is 8.85. The molecular weight excluding hydrogens is 216 g/mol. The first-order valence-electron chi connectivity index (χ1n) is 4.23. The van der Waals surface area contributed by atoms with Gasteiger partial charge in [-0.3, -0.25) is 0 Å². The molecule has 0 unspecified atom stereocenters. The van der Waals surface area contributed by atoms with Crippen LogP contribution in [0.25, 0.3) is 0 Å². The summed E-state index contributed by atoms with van der Waals surface area (Å²) < 4.78 is 0. The molecule has 0 radical (unpaired) electrons. The van der Waals surface area contributed by atoms with Crippen molar-refractivity contribution in [3.05, 3.63) is 32.2 Å². The van der Waals surface area contributed by atoms with Crippen LogP contribution in [-0.2, 0) is 13.0 Å². The Morgan fingerprint density at radius 3 is 2.50 bits per heavy atom. The Balaban J connectivity index is 2.10. The molecule has 0 amide bonds. The highest BCUT2D eigenvalue weighted by molar-refractivity contribution is 7.11. The molecule has 0 aliphatic heterocycles. The van der Waals surface area contributed by atoms with Crippen LogP contribution in [0.5, 0.6) is 0 Å². The Hall–Kier alpha value is -0.780. The highest BCUT2D eigenvalue weighted by Gasteiger charge is 2.04. The van der Waals surface area contributed by atoms with Gasteiger partial charge in [-0.05, 0) is 6.92 Å². The van der Waals surface area contributed by atoms with Crippen LogP contribution in [0.1, 0.15) is 21.4 Å². The van der Waals surface area contributed by atoms with Gasteiger partial charge in [0.1, 0.15) is 0 Å². The van der Waals surface area contributed by atoms with Gasteiger partial charge in [0.15, 0.2) is 0 Å². The van der Waals surface area contributed by atoms with Gasteiger partial charge in [0.05, 0.1) is 28.7 Å². The van der Waals surface area contributed by atoms with Gasteiger partial charge in [-0.25, -0.2) is 9.97 Å². The molecule has 0 saturated carbocycles. The van der Waals surface area contributed by atoms with Crippen molar-refractivity contribution >= 4 is 22.7 Å². The van der Waals surface area contributed by atoms with E-state index < -0.39 is 0 Å². The summed E-state index contributed by atoms with van der Waals surface area (Å²) in [7, 11) is 0. The number of nitrogens with zero attached hydrogens (tertiary/aromatic N) is 2. The van der Waals surface area contributed by atoms with E-state index in [0.29, 0.717) is 0 Å². The first-order chi connectivity index (χ1) is 6.78. The van der Waals surface area contributed by atoms with E-state index in [-0.39, 0.29) is 6.61 Å². The topological polar surface area (TPSA) is 46.0 Å². The summed E-state index contributed by atoms with van der Waals surface area (Å²) in [5.41, 5.74) is 1.81. The smallest absolute Gasteiger partial charge is 0.0997 e. The minimum Gasteiger partial charge on any atom is -0.390 e. The second-order valence-corrected chi connectivity index (χ2v) is 4.84. The van der Waals surface area contributed by atoms with Crippen LogP contribution in [0.15, 0.2) is 10.8 Å². The number of hydrogen-bond donors (Lipinski definition) is 1. The fraction of sp³-hybridized carbons (Fsp3) is 0.333. The molecule has 0 aliphatic carbocycles. The Bertz CT molecular complexity index is 422. The van der Waals surface area contributed by atoms with Crippen molar-refractivity contribution in [1.82, 2.24) is 9.97 Å². The largest absolute Gasteiger partial charge is 0.390 e. The summed E-state index contributed by atoms with van der Waals surface area (Å²) in [4.78, 5) is 8.63. The average Bonchev–Trinajstić information content (AvgIpc) is 2.76. The molecule has 74 valence electrons. The number of hydrogen-bond acceptors (Lipinski definition) is 5. The summed E-state index contributed by atoms with van der Waals surface area (Å²) in [5.74, 6) is 0. The van der Waals surface area contributed by atoms with Gasteiger partial charge in [-0.1, -0.05) is 0 Å². The van der Waals surface area contributed by atoms with Crippen LogP contribution < -0.4 is 0 Å². The second-order valence-electron chi connectivity index (χ2n) is 2.95. The lowest BCUT2D eigenvalue weighted by Gasteiger charge is -1.89. The molecule has 2 rings (SSSR count). The number of aromatic nitrogens is 2. The quantitative estimate of drug-likeness (QED) is 0.870. The minimum absolute atomic E-state index is 0.0212. The van der Waals surface area contributed by atoms with Gasteiger partial charge < -0.3 is 5.11 Å². The lowest BCUT2D eigenvalue weighted by atomic mass is 10.4. The van der Waals surface area contributed by atoms with E-state index in [1.54, 1.807) is 22.7 Å². The van der Waals surface area contributed by atoms with Gasteiger partial charge in [0.2, 0.25) is 0 Å². The normalized spacial score (nSPS) is 10.7. The fourth-order valence-corrected chi connectivity index (χ4v) is 2.77. The molecule has 14 heavy (non-hydrogen) atoms. The van der Waals surface area contributed by atoms with Crippen molar-refractivity contribution in [3.8, 4) is 0 Å². The molecule has 3 nitrogen and oxygen atoms in total. The van der Waals surface area contributed by atoms with Crippen molar-refractivity contribution in [3.63, 3.8) is 0 Å². The predicted octanol–water partition coefficient (Wildman–Crippen LogP) is 1.99. The van der Waals surface area contributed by atoms with Crippen molar-refractivity contribution in [2.24, 2.45) is 0 Å². The first kappa shape index (κ1) is 9.76. The average molecular weight is 226 g/mol. The molecule has 0 aliphatic rings. The van der Waals surface area contributed by atoms with Crippen LogP contribution in [-0.4, -0.2) is 15.1 Å². The third-order valence-corrected chi connectivity index (χ3v) is 3.59. The third kappa shape index (κ3) is 2.17. The lowest BCUT2D eigenvalue weighted by Crippen LogP contribution is -1.88. The highest BCUT2D eigenvalue weighted by atomic mass is 32.1. The molecule has 0 aromatic carbocycles. The van der Waals surface area contributed by atoms with Crippen molar-refractivity contribution < 1.29 is 5.11 Å². The maximum atomic E-state index is 8.85. The minimum atomic E-state index is 0.0212. The Morgan fingerprint density at radius 2 is 1.93 bits per heavy atom. The van der Waals surface area contributed by atoms with Crippen LogP contribution in [0.2, 0.25) is 0 Å². The zero-order valence-electron chi connectivity index (χ0n) is 7.73. The van der Waals surface area contributed by atoms with E-state index in [4.69, 9.17) is 5.11 Å². The van der Waals surface area contributed by atoms with E-state index >= 15 is 0 Å². The fourth-order valence-electron chi connectivity index (χ4n) is 1.12. The molecule has 1 N–H and O–H groups in total. The molecule has 0 atom stereocenters. The molecule has 2 aromatic rings. The molecule has 5 heteroatoms. The van der Waals surface area contributed by atoms with E-state index in [1.807, 2.05) is 17.7 Å². The number of aliphatic hydroxyl groups is 1. The number of thiazole rings is 2. The number of rotatable bonds is 3. The maximum Gasteiger partial charge on any atom is 0.0997 e. The molecule has 0 bridgehead atoms. The summed E-state index contributed by atoms with van der Waals surface area (Å²) >= 11 is 3.23. The molecule has 2 heterocycles. The zero-order valence-corrected chi connectivity index (χ0v) is 9.36. The number of aryl methyl sites for hydroxylation is 1. The van der Waals surface area contributed by atoms with Crippen LogP contribution in [0, 0.1) is 6.92 Å². The Labute approximate surface area is 90.1 Å². The lowest BCUT2D eigenvalue weighted by molar-refractivity contribution is 0.277. The van der Waals surface area contributed by atoms with Crippen LogP contribution in [0.3, 0.4) is 0 Å². The predicted molar refractivity (Wildman–Crippen MR) is 57.7 cm³/mol. The summed E-state index contributed by atoms with van der Waals surface area (Å²) in [6.07, 6.45) is 0.781. The third-order valence-electron chi connectivity index (χ3n) is 1.73. The van der Waals surface area contributed by atoms with E-state index in [1.165, 1.54) is 0 Å². The van der Waals surface area contributed by atoms with E-state index in [9.17, 15) is 0 Å². The summed E-state index contributed by atoms with van der Waals surface area (Å²) in [6.45, 7) is 2.01. The Kier molecular flexibility index (Phi) is 2.90. The van der Waals surface area contributed by atoms with Crippen molar-refractivity contribution in [2.75, 3.05) is 0 Å². The molecule has 0 fully saturated rings. The van der Waals surface area contributed by atoms with Crippen LogP contribution in [0.4, 0.5) is 0 Å². The standard InChI is InChI=1S/C9H10N2OS2/c1-6-4-13-8(10-6)2-9-11-7(3-12)5-14-9/h4-5,12H,2-3H2,1H3.